The predicted octanol–water partition coefficient (Wildman–Crippen LogP) is 1.88. The fraction of sp³-hybridized carbons (Fsp3) is 0.167. The summed E-state index contributed by atoms with van der Waals surface area (Å²) in [5, 5.41) is 13.0. The first-order valence-corrected chi connectivity index (χ1v) is 7.45. The van der Waals surface area contributed by atoms with Gasteiger partial charge in [-0.2, -0.15) is 10.4 Å². The second kappa shape index (κ2) is 5.43. The van der Waals surface area contributed by atoms with Gasteiger partial charge in [0.2, 0.25) is 0 Å². The van der Waals surface area contributed by atoms with E-state index in [0.29, 0.717) is 10.6 Å². The molecule has 1 heterocycles. The van der Waals surface area contributed by atoms with Gasteiger partial charge < -0.3 is 0 Å². The molecule has 2 aromatic rings. The highest BCUT2D eigenvalue weighted by atomic mass is 35.5. The van der Waals surface area contributed by atoms with Crippen LogP contribution in [-0.2, 0) is 16.4 Å². The van der Waals surface area contributed by atoms with Crippen molar-refractivity contribution in [2.24, 2.45) is 0 Å². The molecule has 98 valence electrons. The monoisotopic (exact) mass is 295 g/mol. The number of aryl methyl sites for hydroxylation is 1. The Labute approximate surface area is 116 Å². The van der Waals surface area contributed by atoms with Crippen molar-refractivity contribution in [3.63, 3.8) is 0 Å². The number of nitrogens with zero attached hydrogens (tertiary/aromatic N) is 3. The molecular formula is C12H10ClN3O2S. The number of rotatable bonds is 4. The minimum atomic E-state index is -3.39. The fourth-order valence-electron chi connectivity index (χ4n) is 1.53. The second-order valence-electron chi connectivity index (χ2n) is 3.88. The zero-order chi connectivity index (χ0) is 13.9. The average molecular weight is 296 g/mol. The van der Waals surface area contributed by atoms with Crippen LogP contribution in [0.3, 0.4) is 0 Å². The van der Waals surface area contributed by atoms with Crippen molar-refractivity contribution >= 4 is 21.4 Å². The summed E-state index contributed by atoms with van der Waals surface area (Å²) in [5.41, 5.74) is 0.429. The third-order valence-electron chi connectivity index (χ3n) is 2.53. The van der Waals surface area contributed by atoms with E-state index in [1.807, 2.05) is 6.07 Å². The van der Waals surface area contributed by atoms with E-state index in [4.69, 9.17) is 16.9 Å². The first kappa shape index (κ1) is 13.6. The Morgan fingerprint density at radius 3 is 2.53 bits per heavy atom. The van der Waals surface area contributed by atoms with E-state index in [2.05, 4.69) is 5.10 Å². The lowest BCUT2D eigenvalue weighted by Crippen LogP contribution is -2.13. The molecule has 0 unspecified atom stereocenters. The summed E-state index contributed by atoms with van der Waals surface area (Å²) >= 11 is 5.70. The topological polar surface area (TPSA) is 75.8 Å². The maximum Gasteiger partial charge on any atom is 0.180 e. The van der Waals surface area contributed by atoms with Gasteiger partial charge in [-0.05, 0) is 24.3 Å². The summed E-state index contributed by atoms with van der Waals surface area (Å²) in [5.74, 6) is -0.0725. The van der Waals surface area contributed by atoms with E-state index in [0.717, 1.165) is 0 Å². The number of halogens is 1. The SMILES string of the molecule is N#Cc1ccc(S(=O)(=O)CCn2cc(Cl)cn2)cc1. The van der Waals surface area contributed by atoms with E-state index in [1.54, 1.807) is 6.20 Å². The quantitative estimate of drug-likeness (QED) is 0.863. The van der Waals surface area contributed by atoms with Gasteiger partial charge in [-0.1, -0.05) is 11.6 Å². The molecule has 2 rings (SSSR count). The number of benzene rings is 1. The molecule has 0 bridgehead atoms. The second-order valence-corrected chi connectivity index (χ2v) is 6.42. The van der Waals surface area contributed by atoms with Crippen molar-refractivity contribution in [2.45, 2.75) is 11.4 Å². The van der Waals surface area contributed by atoms with E-state index in [9.17, 15) is 8.42 Å². The number of hydrogen-bond acceptors (Lipinski definition) is 4. The molecule has 0 atom stereocenters. The standard InChI is InChI=1S/C12H10ClN3O2S/c13-11-8-15-16(9-11)5-6-19(17,18)12-3-1-10(7-14)2-4-12/h1-4,8-9H,5-6H2. The Morgan fingerprint density at radius 1 is 1.32 bits per heavy atom. The Hall–Kier alpha value is -1.84. The lowest BCUT2D eigenvalue weighted by Gasteiger charge is -2.04. The highest BCUT2D eigenvalue weighted by Gasteiger charge is 2.14. The largest absolute Gasteiger partial charge is 0.270 e. The molecule has 1 aromatic carbocycles. The molecule has 0 amide bonds. The van der Waals surface area contributed by atoms with Crippen LogP contribution >= 0.6 is 11.6 Å². The zero-order valence-corrected chi connectivity index (χ0v) is 11.4. The van der Waals surface area contributed by atoms with Crippen molar-refractivity contribution in [3.05, 3.63) is 47.2 Å². The van der Waals surface area contributed by atoms with Gasteiger partial charge in [0.05, 0.1) is 40.0 Å². The van der Waals surface area contributed by atoms with Crippen molar-refractivity contribution in [3.8, 4) is 6.07 Å². The smallest absolute Gasteiger partial charge is 0.180 e. The van der Waals surface area contributed by atoms with Crippen LogP contribution in [0.5, 0.6) is 0 Å². The third-order valence-corrected chi connectivity index (χ3v) is 4.44. The summed E-state index contributed by atoms with van der Waals surface area (Å²) in [6, 6.07) is 7.78. The average Bonchev–Trinajstić information content (AvgIpc) is 2.82. The highest BCUT2D eigenvalue weighted by Crippen LogP contribution is 2.13. The van der Waals surface area contributed by atoms with Gasteiger partial charge in [0, 0.05) is 6.20 Å². The molecule has 5 nitrogen and oxygen atoms in total. The van der Waals surface area contributed by atoms with Gasteiger partial charge in [-0.3, -0.25) is 4.68 Å². The van der Waals surface area contributed by atoms with Crippen LogP contribution < -0.4 is 0 Å². The molecule has 0 saturated carbocycles. The summed E-state index contributed by atoms with van der Waals surface area (Å²) < 4.78 is 25.6. The molecule has 0 spiro atoms. The lowest BCUT2D eigenvalue weighted by molar-refractivity contribution is 0.580. The Balaban J connectivity index is 2.11. The summed E-state index contributed by atoms with van der Waals surface area (Å²) in [4.78, 5) is 0.199. The molecule has 1 aromatic heterocycles. The molecule has 0 radical (unpaired) electrons. The van der Waals surface area contributed by atoms with Crippen LogP contribution in [0.25, 0.3) is 0 Å². The van der Waals surface area contributed by atoms with Gasteiger partial charge in [-0.15, -0.1) is 0 Å². The molecule has 0 saturated heterocycles. The Kier molecular flexibility index (Phi) is 3.88. The number of nitriles is 1. The number of hydrogen-bond donors (Lipinski definition) is 0. The third kappa shape index (κ3) is 3.34. The van der Waals surface area contributed by atoms with Gasteiger partial charge >= 0.3 is 0 Å². The van der Waals surface area contributed by atoms with Crippen LogP contribution in [0.15, 0.2) is 41.6 Å². The van der Waals surface area contributed by atoms with Crippen LogP contribution in [0.4, 0.5) is 0 Å². The van der Waals surface area contributed by atoms with Crippen molar-refractivity contribution in [1.29, 1.82) is 5.26 Å². The van der Waals surface area contributed by atoms with Crippen molar-refractivity contribution in [1.82, 2.24) is 9.78 Å². The Bertz CT molecular complexity index is 714. The fourth-order valence-corrected chi connectivity index (χ4v) is 2.90. The molecule has 0 N–H and O–H groups in total. The summed E-state index contributed by atoms with van der Waals surface area (Å²) in [6.07, 6.45) is 3.02. The molecule has 0 aliphatic carbocycles. The van der Waals surface area contributed by atoms with Crippen LogP contribution in [0.1, 0.15) is 5.56 Å². The van der Waals surface area contributed by atoms with Gasteiger partial charge in [0.15, 0.2) is 9.84 Å². The minimum absolute atomic E-state index is 0.0725. The van der Waals surface area contributed by atoms with E-state index in [-0.39, 0.29) is 17.2 Å². The zero-order valence-electron chi connectivity index (χ0n) is 9.82. The summed E-state index contributed by atoms with van der Waals surface area (Å²) in [6.45, 7) is 0.231. The van der Waals surface area contributed by atoms with Gasteiger partial charge in [0.25, 0.3) is 0 Å². The molecule has 0 fully saturated rings. The van der Waals surface area contributed by atoms with Crippen LogP contribution in [0.2, 0.25) is 5.02 Å². The van der Waals surface area contributed by atoms with Crippen LogP contribution in [-0.4, -0.2) is 24.0 Å². The molecule has 0 aliphatic rings. The molecule has 19 heavy (non-hydrogen) atoms. The molecular weight excluding hydrogens is 286 g/mol. The lowest BCUT2D eigenvalue weighted by atomic mass is 10.2. The maximum atomic E-state index is 12.1. The molecule has 7 heteroatoms. The van der Waals surface area contributed by atoms with Crippen LogP contribution in [0, 0.1) is 11.3 Å². The van der Waals surface area contributed by atoms with E-state index < -0.39 is 9.84 Å². The van der Waals surface area contributed by atoms with Gasteiger partial charge in [-0.25, -0.2) is 8.42 Å². The van der Waals surface area contributed by atoms with E-state index >= 15 is 0 Å². The van der Waals surface area contributed by atoms with Crippen molar-refractivity contribution in [2.75, 3.05) is 5.75 Å². The predicted molar refractivity (Wildman–Crippen MR) is 70.4 cm³/mol. The molecule has 0 aliphatic heterocycles. The van der Waals surface area contributed by atoms with E-state index in [1.165, 1.54) is 35.1 Å². The highest BCUT2D eigenvalue weighted by molar-refractivity contribution is 7.91. The summed E-state index contributed by atoms with van der Waals surface area (Å²) in [7, 11) is -3.39. The number of sulfone groups is 1. The minimum Gasteiger partial charge on any atom is -0.270 e. The number of aromatic nitrogens is 2. The normalized spacial score (nSPS) is 11.2. The Morgan fingerprint density at radius 2 is 2.00 bits per heavy atom. The van der Waals surface area contributed by atoms with Gasteiger partial charge in [0.1, 0.15) is 0 Å². The van der Waals surface area contributed by atoms with Crippen molar-refractivity contribution < 1.29 is 8.42 Å². The maximum absolute atomic E-state index is 12.1. The first-order chi connectivity index (χ1) is 9.01. The first-order valence-electron chi connectivity index (χ1n) is 5.42.